The summed E-state index contributed by atoms with van der Waals surface area (Å²) in [5.74, 6) is 0.419. The van der Waals surface area contributed by atoms with Crippen molar-refractivity contribution < 1.29 is 17.9 Å². The summed E-state index contributed by atoms with van der Waals surface area (Å²) in [7, 11) is -3.53. The average molecular weight is 417 g/mol. The van der Waals surface area contributed by atoms with Crippen LogP contribution in [0.1, 0.15) is 38.8 Å². The van der Waals surface area contributed by atoms with Crippen molar-refractivity contribution in [2.75, 3.05) is 16.6 Å². The summed E-state index contributed by atoms with van der Waals surface area (Å²) in [6.07, 6.45) is -0.139. The lowest BCUT2D eigenvalue weighted by atomic mass is 9.96. The fourth-order valence-corrected chi connectivity index (χ4v) is 4.58. The van der Waals surface area contributed by atoms with Gasteiger partial charge in [-0.3, -0.25) is 9.10 Å². The molecule has 0 saturated heterocycles. The molecule has 1 aliphatic heterocycles. The lowest BCUT2D eigenvalue weighted by molar-refractivity contribution is -0.128. The van der Waals surface area contributed by atoms with Crippen LogP contribution in [0.25, 0.3) is 0 Å². The minimum atomic E-state index is -3.53. The van der Waals surface area contributed by atoms with Crippen LogP contribution in [-0.2, 0) is 14.8 Å². The van der Waals surface area contributed by atoms with Gasteiger partial charge in [-0.05, 0) is 37.0 Å². The van der Waals surface area contributed by atoms with Crippen LogP contribution in [0.2, 0.25) is 0 Å². The standard InChI is InChI=1S/C22H28N2O4S/c1-4-29(26,27)24-15-21(28-20-13-9-8-12-19(20)24)22(25)23-18(14-16(2)3)17-10-6-5-7-11-17/h5-13,16,18,21H,4,14-15H2,1-3H3,(H,23,25)/t18-,21-/m0/s1. The van der Waals surface area contributed by atoms with E-state index in [0.717, 1.165) is 12.0 Å². The largest absolute Gasteiger partial charge is 0.476 e. The molecule has 2 aromatic rings. The van der Waals surface area contributed by atoms with Crippen molar-refractivity contribution in [3.8, 4) is 5.75 Å². The van der Waals surface area contributed by atoms with Crippen molar-refractivity contribution in [2.24, 2.45) is 5.92 Å². The summed E-state index contributed by atoms with van der Waals surface area (Å²) in [6, 6.07) is 16.5. The summed E-state index contributed by atoms with van der Waals surface area (Å²) in [6.45, 7) is 5.76. The molecule has 3 rings (SSSR count). The molecule has 29 heavy (non-hydrogen) atoms. The third-order valence-electron chi connectivity index (χ3n) is 4.95. The van der Waals surface area contributed by atoms with Gasteiger partial charge in [0.05, 0.1) is 24.0 Å². The van der Waals surface area contributed by atoms with E-state index in [0.29, 0.717) is 17.4 Å². The summed E-state index contributed by atoms with van der Waals surface area (Å²) in [5, 5.41) is 3.07. The van der Waals surface area contributed by atoms with Crippen LogP contribution in [0.4, 0.5) is 5.69 Å². The maximum Gasteiger partial charge on any atom is 0.263 e. The first-order valence-corrected chi connectivity index (χ1v) is 11.5. The Balaban J connectivity index is 1.85. The molecule has 0 aromatic heterocycles. The smallest absolute Gasteiger partial charge is 0.263 e. The first-order chi connectivity index (χ1) is 13.8. The van der Waals surface area contributed by atoms with Gasteiger partial charge in [-0.2, -0.15) is 0 Å². The Hall–Kier alpha value is -2.54. The summed E-state index contributed by atoms with van der Waals surface area (Å²) < 4.78 is 32.4. The van der Waals surface area contributed by atoms with Crippen LogP contribution in [-0.4, -0.2) is 32.7 Å². The van der Waals surface area contributed by atoms with E-state index in [9.17, 15) is 13.2 Å². The first kappa shape index (κ1) is 21.2. The quantitative estimate of drug-likeness (QED) is 0.749. The number of sulfonamides is 1. The van der Waals surface area contributed by atoms with Gasteiger partial charge in [0.2, 0.25) is 10.0 Å². The number of carbonyl (C=O) groups is 1. The zero-order valence-corrected chi connectivity index (χ0v) is 17.9. The molecule has 0 radical (unpaired) electrons. The van der Waals surface area contributed by atoms with Gasteiger partial charge in [-0.1, -0.05) is 56.3 Å². The number of nitrogens with one attached hydrogen (secondary N) is 1. The minimum absolute atomic E-state index is 0.0395. The molecule has 2 atom stereocenters. The predicted octanol–water partition coefficient (Wildman–Crippen LogP) is 3.51. The lowest BCUT2D eigenvalue weighted by Crippen LogP contribution is -2.51. The molecule has 0 spiro atoms. The molecule has 1 heterocycles. The highest BCUT2D eigenvalue weighted by Gasteiger charge is 2.36. The minimum Gasteiger partial charge on any atom is -0.476 e. The van der Waals surface area contributed by atoms with Gasteiger partial charge >= 0.3 is 0 Å². The number of amides is 1. The molecule has 0 unspecified atom stereocenters. The number of ether oxygens (including phenoxy) is 1. The van der Waals surface area contributed by atoms with Gasteiger partial charge in [0.1, 0.15) is 5.75 Å². The molecule has 6 nitrogen and oxygen atoms in total. The summed E-state index contributed by atoms with van der Waals surface area (Å²) in [5.41, 5.74) is 1.49. The van der Waals surface area contributed by atoms with E-state index < -0.39 is 16.1 Å². The highest BCUT2D eigenvalue weighted by molar-refractivity contribution is 7.92. The maximum atomic E-state index is 13.1. The number of hydrogen-bond acceptors (Lipinski definition) is 4. The van der Waals surface area contributed by atoms with Gasteiger partial charge in [0.15, 0.2) is 6.10 Å². The number of rotatable bonds is 7. The maximum absolute atomic E-state index is 13.1. The Morgan fingerprint density at radius 3 is 2.45 bits per heavy atom. The average Bonchev–Trinajstić information content (AvgIpc) is 2.72. The van der Waals surface area contributed by atoms with Gasteiger partial charge < -0.3 is 10.1 Å². The molecule has 0 saturated carbocycles. The van der Waals surface area contributed by atoms with Crippen LogP contribution in [0, 0.1) is 5.92 Å². The third-order valence-corrected chi connectivity index (χ3v) is 6.70. The number of anilines is 1. The number of carbonyl (C=O) groups excluding carboxylic acids is 1. The zero-order chi connectivity index (χ0) is 21.0. The molecular formula is C22H28N2O4S. The van der Waals surface area contributed by atoms with E-state index in [2.05, 4.69) is 19.2 Å². The fraction of sp³-hybridized carbons (Fsp3) is 0.409. The number of benzene rings is 2. The Morgan fingerprint density at radius 2 is 1.79 bits per heavy atom. The predicted molar refractivity (Wildman–Crippen MR) is 114 cm³/mol. The number of hydrogen-bond donors (Lipinski definition) is 1. The van der Waals surface area contributed by atoms with Gasteiger partial charge in [-0.25, -0.2) is 8.42 Å². The molecule has 2 aromatic carbocycles. The van der Waals surface area contributed by atoms with Crippen molar-refractivity contribution in [3.63, 3.8) is 0 Å². The van der Waals surface area contributed by atoms with Crippen molar-refractivity contribution >= 4 is 21.6 Å². The molecular weight excluding hydrogens is 388 g/mol. The second-order valence-corrected chi connectivity index (χ2v) is 9.79. The van der Waals surface area contributed by atoms with E-state index >= 15 is 0 Å². The molecule has 0 fully saturated rings. The van der Waals surface area contributed by atoms with Crippen molar-refractivity contribution in [2.45, 2.75) is 39.3 Å². The van der Waals surface area contributed by atoms with E-state index in [1.54, 1.807) is 31.2 Å². The fourth-order valence-electron chi connectivity index (χ4n) is 3.46. The number of nitrogens with zero attached hydrogens (tertiary/aromatic N) is 1. The monoisotopic (exact) mass is 416 g/mol. The van der Waals surface area contributed by atoms with E-state index in [-0.39, 0.29) is 24.2 Å². The van der Waals surface area contributed by atoms with Crippen LogP contribution < -0.4 is 14.4 Å². The van der Waals surface area contributed by atoms with Crippen LogP contribution in [0.15, 0.2) is 54.6 Å². The van der Waals surface area contributed by atoms with E-state index in [1.165, 1.54) is 4.31 Å². The van der Waals surface area contributed by atoms with E-state index in [4.69, 9.17) is 4.74 Å². The normalized spacial score (nSPS) is 17.4. The van der Waals surface area contributed by atoms with Crippen molar-refractivity contribution in [1.29, 1.82) is 0 Å². The van der Waals surface area contributed by atoms with Crippen molar-refractivity contribution in [3.05, 3.63) is 60.2 Å². The van der Waals surface area contributed by atoms with Crippen LogP contribution in [0.3, 0.4) is 0 Å². The second-order valence-electron chi connectivity index (χ2n) is 7.61. The molecule has 1 amide bonds. The van der Waals surface area contributed by atoms with Crippen LogP contribution >= 0.6 is 0 Å². The topological polar surface area (TPSA) is 75.7 Å². The Morgan fingerprint density at radius 1 is 1.14 bits per heavy atom. The Bertz CT molecular complexity index is 944. The number of fused-ring (bicyclic) bond motifs is 1. The Kier molecular flexibility index (Phi) is 6.47. The third kappa shape index (κ3) is 4.90. The molecule has 0 aliphatic carbocycles. The van der Waals surface area contributed by atoms with Crippen molar-refractivity contribution in [1.82, 2.24) is 5.32 Å². The second kappa shape index (κ2) is 8.86. The number of para-hydroxylation sites is 2. The summed E-state index contributed by atoms with van der Waals surface area (Å²) in [4.78, 5) is 13.1. The van der Waals surface area contributed by atoms with Gasteiger partial charge in [0.25, 0.3) is 5.91 Å². The zero-order valence-electron chi connectivity index (χ0n) is 17.0. The highest BCUT2D eigenvalue weighted by Crippen LogP contribution is 2.35. The molecule has 0 bridgehead atoms. The van der Waals surface area contributed by atoms with Gasteiger partial charge in [0, 0.05) is 0 Å². The Labute approximate surface area is 172 Å². The van der Waals surface area contributed by atoms with E-state index in [1.807, 2.05) is 30.3 Å². The lowest BCUT2D eigenvalue weighted by Gasteiger charge is -2.35. The first-order valence-electron chi connectivity index (χ1n) is 9.93. The van der Waals surface area contributed by atoms with Gasteiger partial charge in [-0.15, -0.1) is 0 Å². The highest BCUT2D eigenvalue weighted by atomic mass is 32.2. The molecule has 156 valence electrons. The van der Waals surface area contributed by atoms with Crippen LogP contribution in [0.5, 0.6) is 5.75 Å². The molecule has 1 N–H and O–H groups in total. The molecule has 1 aliphatic rings. The molecule has 7 heteroatoms. The SMILES string of the molecule is CCS(=O)(=O)N1C[C@@H](C(=O)N[C@@H](CC(C)C)c2ccccc2)Oc2ccccc21. The summed E-state index contributed by atoms with van der Waals surface area (Å²) >= 11 is 0.